The first kappa shape index (κ1) is 14.1. The summed E-state index contributed by atoms with van der Waals surface area (Å²) in [7, 11) is 0. The van der Waals surface area contributed by atoms with E-state index in [1.807, 2.05) is 6.07 Å². The zero-order chi connectivity index (χ0) is 15.4. The van der Waals surface area contributed by atoms with E-state index in [0.29, 0.717) is 18.1 Å². The molecule has 2 amide bonds. The van der Waals surface area contributed by atoms with Gasteiger partial charge in [0.15, 0.2) is 11.5 Å². The van der Waals surface area contributed by atoms with Crippen molar-refractivity contribution in [3.63, 3.8) is 0 Å². The fourth-order valence-electron chi connectivity index (χ4n) is 1.90. The monoisotopic (exact) mass is 306 g/mol. The van der Waals surface area contributed by atoms with Crippen molar-refractivity contribution in [1.29, 1.82) is 0 Å². The van der Waals surface area contributed by atoms with Crippen LogP contribution in [0, 0.1) is 0 Å². The van der Waals surface area contributed by atoms with Crippen LogP contribution in [0.4, 0.5) is 0 Å². The lowest BCUT2D eigenvalue weighted by atomic mass is 10.2. The predicted molar refractivity (Wildman–Crippen MR) is 72.6 cm³/mol. The molecular formula is C14H14N2O6. The summed E-state index contributed by atoms with van der Waals surface area (Å²) in [4.78, 5) is 23.7. The van der Waals surface area contributed by atoms with Crippen LogP contribution >= 0.6 is 0 Å². The van der Waals surface area contributed by atoms with E-state index < -0.39 is 17.9 Å². The van der Waals surface area contributed by atoms with Crippen molar-refractivity contribution in [2.45, 2.75) is 6.10 Å². The Hall–Kier alpha value is -2.90. The molecule has 22 heavy (non-hydrogen) atoms. The maximum Gasteiger partial charge on any atom is 0.308 e. The van der Waals surface area contributed by atoms with E-state index in [4.69, 9.17) is 18.9 Å². The summed E-state index contributed by atoms with van der Waals surface area (Å²) in [5, 5.41) is 0. The molecule has 2 heterocycles. The molecule has 0 saturated heterocycles. The van der Waals surface area contributed by atoms with E-state index >= 15 is 0 Å². The fraction of sp³-hybridized carbons (Fsp3) is 0.286. The number of fused-ring (bicyclic) bond motifs is 1. The third-order valence-electron chi connectivity index (χ3n) is 2.97. The molecule has 8 nitrogen and oxygen atoms in total. The summed E-state index contributed by atoms with van der Waals surface area (Å²) in [6.07, 6.45) is 0.342. The van der Waals surface area contributed by atoms with Crippen LogP contribution in [-0.4, -0.2) is 37.7 Å². The van der Waals surface area contributed by atoms with E-state index in [-0.39, 0.29) is 19.0 Å². The van der Waals surface area contributed by atoms with Crippen LogP contribution in [0.2, 0.25) is 0 Å². The third-order valence-corrected chi connectivity index (χ3v) is 2.97. The Morgan fingerprint density at radius 2 is 1.86 bits per heavy atom. The number of ether oxygens (including phenoxy) is 4. The molecule has 2 N–H and O–H groups in total. The predicted octanol–water partition coefficient (Wildman–Crippen LogP) is -0.138. The highest BCUT2D eigenvalue weighted by molar-refractivity contribution is 5.93. The second-order valence-electron chi connectivity index (χ2n) is 4.51. The number of benzene rings is 1. The number of nitrogens with one attached hydrogen (secondary N) is 2. The van der Waals surface area contributed by atoms with Gasteiger partial charge in [0.05, 0.1) is 0 Å². The molecule has 2 aliphatic heterocycles. The molecule has 116 valence electrons. The molecule has 8 heteroatoms. The molecule has 3 rings (SSSR count). The average Bonchev–Trinajstić information content (AvgIpc) is 2.59. The molecule has 2 aliphatic rings. The molecule has 0 bridgehead atoms. The van der Waals surface area contributed by atoms with Crippen molar-refractivity contribution in [3.05, 3.63) is 36.3 Å². The smallest absolute Gasteiger partial charge is 0.308 e. The van der Waals surface area contributed by atoms with Crippen molar-refractivity contribution in [2.75, 3.05) is 19.8 Å². The number of hydrogen-bond donors (Lipinski definition) is 2. The summed E-state index contributed by atoms with van der Waals surface area (Å²) >= 11 is 0. The quantitative estimate of drug-likeness (QED) is 0.739. The Balaban J connectivity index is 1.52. The molecule has 0 fully saturated rings. The number of carbonyl (C=O) groups is 2. The normalized spacial score (nSPS) is 19.1. The third kappa shape index (κ3) is 3.05. The molecule has 1 atom stereocenters. The summed E-state index contributed by atoms with van der Waals surface area (Å²) in [5.41, 5.74) is 4.49. The fourth-order valence-corrected chi connectivity index (χ4v) is 1.90. The maximum absolute atomic E-state index is 12.0. The van der Waals surface area contributed by atoms with Crippen LogP contribution in [0.1, 0.15) is 0 Å². The van der Waals surface area contributed by atoms with E-state index in [1.165, 1.54) is 6.26 Å². The lowest BCUT2D eigenvalue weighted by Crippen LogP contribution is -2.51. The first-order valence-corrected chi connectivity index (χ1v) is 6.67. The zero-order valence-corrected chi connectivity index (χ0v) is 11.5. The van der Waals surface area contributed by atoms with Gasteiger partial charge in [-0.25, -0.2) is 0 Å². The Labute approximate surface area is 125 Å². The minimum absolute atomic E-state index is 0.00212. The first-order chi connectivity index (χ1) is 10.7. The Morgan fingerprint density at radius 3 is 2.64 bits per heavy atom. The van der Waals surface area contributed by atoms with Crippen molar-refractivity contribution in [1.82, 2.24) is 10.9 Å². The van der Waals surface area contributed by atoms with Gasteiger partial charge in [-0.15, -0.1) is 0 Å². The summed E-state index contributed by atoms with van der Waals surface area (Å²) in [6.45, 7) is 0.723. The topological polar surface area (TPSA) is 95.1 Å². The van der Waals surface area contributed by atoms with E-state index in [1.54, 1.807) is 18.2 Å². The molecule has 0 aliphatic carbocycles. The number of hydrogen-bond acceptors (Lipinski definition) is 6. The lowest BCUT2D eigenvalue weighted by molar-refractivity contribution is -0.135. The highest BCUT2D eigenvalue weighted by Gasteiger charge is 2.28. The molecule has 0 aromatic heterocycles. The van der Waals surface area contributed by atoms with Gasteiger partial charge in [-0.1, -0.05) is 12.1 Å². The molecule has 1 aromatic carbocycles. The van der Waals surface area contributed by atoms with E-state index in [2.05, 4.69) is 10.9 Å². The van der Waals surface area contributed by atoms with Gasteiger partial charge in [-0.3, -0.25) is 20.4 Å². The molecule has 1 aromatic rings. The highest BCUT2D eigenvalue weighted by atomic mass is 16.6. The SMILES string of the molecule is O=C(NNC(=O)[C@H]1COc2ccccc2O1)C1=COCCO1. The van der Waals surface area contributed by atoms with Gasteiger partial charge in [0.2, 0.25) is 11.9 Å². The number of rotatable bonds is 2. The summed E-state index contributed by atoms with van der Waals surface area (Å²) < 4.78 is 21.0. The zero-order valence-electron chi connectivity index (χ0n) is 11.5. The number of carbonyl (C=O) groups excluding carboxylic acids is 2. The number of para-hydroxylation sites is 2. The summed E-state index contributed by atoms with van der Waals surface area (Å²) in [6, 6.07) is 7.03. The molecule has 0 spiro atoms. The summed E-state index contributed by atoms with van der Waals surface area (Å²) in [5.74, 6) is -0.0801. The number of amides is 2. The van der Waals surface area contributed by atoms with Crippen LogP contribution in [0.3, 0.4) is 0 Å². The van der Waals surface area contributed by atoms with Crippen LogP contribution < -0.4 is 20.3 Å². The van der Waals surface area contributed by atoms with Gasteiger partial charge in [0.25, 0.3) is 5.91 Å². The second-order valence-corrected chi connectivity index (χ2v) is 4.51. The van der Waals surface area contributed by atoms with Gasteiger partial charge < -0.3 is 18.9 Å². The van der Waals surface area contributed by atoms with Gasteiger partial charge in [-0.05, 0) is 12.1 Å². The van der Waals surface area contributed by atoms with Crippen LogP contribution in [0.25, 0.3) is 0 Å². The van der Waals surface area contributed by atoms with Gasteiger partial charge in [0, 0.05) is 0 Å². The van der Waals surface area contributed by atoms with Crippen LogP contribution in [0.15, 0.2) is 36.3 Å². The minimum Gasteiger partial charge on any atom is -0.494 e. The Bertz CT molecular complexity index is 615. The lowest BCUT2D eigenvalue weighted by Gasteiger charge is -2.25. The minimum atomic E-state index is -0.854. The molecule has 0 radical (unpaired) electrons. The Morgan fingerprint density at radius 1 is 1.05 bits per heavy atom. The maximum atomic E-state index is 12.0. The van der Waals surface area contributed by atoms with E-state index in [9.17, 15) is 9.59 Å². The molecule has 0 saturated carbocycles. The van der Waals surface area contributed by atoms with Crippen molar-refractivity contribution >= 4 is 11.8 Å². The molecular weight excluding hydrogens is 292 g/mol. The van der Waals surface area contributed by atoms with Crippen LogP contribution in [0.5, 0.6) is 11.5 Å². The van der Waals surface area contributed by atoms with Crippen molar-refractivity contribution in [2.24, 2.45) is 0 Å². The highest BCUT2D eigenvalue weighted by Crippen LogP contribution is 2.30. The second kappa shape index (κ2) is 6.25. The van der Waals surface area contributed by atoms with E-state index in [0.717, 1.165) is 0 Å². The van der Waals surface area contributed by atoms with Gasteiger partial charge in [-0.2, -0.15) is 0 Å². The van der Waals surface area contributed by atoms with Crippen LogP contribution in [-0.2, 0) is 19.1 Å². The molecule has 0 unspecified atom stereocenters. The largest absolute Gasteiger partial charge is 0.494 e. The number of hydrazine groups is 1. The van der Waals surface area contributed by atoms with Gasteiger partial charge in [0.1, 0.15) is 26.1 Å². The van der Waals surface area contributed by atoms with Crippen molar-refractivity contribution < 1.29 is 28.5 Å². The standard InChI is InChI=1S/C14H14N2O6/c17-13(11-7-19-5-6-20-11)15-16-14(18)12-8-21-9-3-1-2-4-10(9)22-12/h1-4,7,12H,5-6,8H2,(H,15,17)(H,16,18)/t12-/m1/s1. The Kier molecular flexibility index (Phi) is 3.99. The van der Waals surface area contributed by atoms with Crippen molar-refractivity contribution in [3.8, 4) is 11.5 Å². The van der Waals surface area contributed by atoms with Gasteiger partial charge >= 0.3 is 5.91 Å². The first-order valence-electron chi connectivity index (χ1n) is 6.67. The average molecular weight is 306 g/mol.